The van der Waals surface area contributed by atoms with Gasteiger partial charge in [0.05, 0.1) is 20.8 Å². The first-order valence-electron chi connectivity index (χ1n) is 8.60. The molecule has 0 radical (unpaired) electrons. The maximum absolute atomic E-state index is 12.3. The molecule has 144 valence electrons. The van der Waals surface area contributed by atoms with E-state index in [1.165, 1.54) is 0 Å². The van der Waals surface area contributed by atoms with Crippen molar-refractivity contribution < 1.29 is 14.3 Å². The predicted octanol–water partition coefficient (Wildman–Crippen LogP) is 0.801. The fourth-order valence-electron chi connectivity index (χ4n) is 3.73. The van der Waals surface area contributed by atoms with Gasteiger partial charge in [-0.15, -0.1) is 16.9 Å². The second kappa shape index (κ2) is 6.38. The van der Waals surface area contributed by atoms with Crippen molar-refractivity contribution in [2.75, 3.05) is 14.2 Å². The van der Waals surface area contributed by atoms with Gasteiger partial charge in [-0.1, -0.05) is 6.07 Å². The SMILES string of the molecule is COc1ccc(Cn2nnnc2C2N3C(=O)C(N)[C@H]3SC2(C)C)cc1OC. The Morgan fingerprint density at radius 3 is 2.70 bits per heavy atom. The number of fused-ring (bicyclic) bond motifs is 1. The van der Waals surface area contributed by atoms with Crippen molar-refractivity contribution >= 4 is 17.7 Å². The molecule has 2 saturated heterocycles. The average Bonchev–Trinajstić information content (AvgIpc) is 3.20. The number of carbonyl (C=O) groups is 1. The number of methoxy groups -OCH3 is 2. The van der Waals surface area contributed by atoms with E-state index in [1.807, 2.05) is 23.1 Å². The predicted molar refractivity (Wildman–Crippen MR) is 99.5 cm³/mol. The number of tetrazole rings is 1. The van der Waals surface area contributed by atoms with Crippen LogP contribution in [0.15, 0.2) is 18.2 Å². The summed E-state index contributed by atoms with van der Waals surface area (Å²) in [4.78, 5) is 14.2. The topological polar surface area (TPSA) is 108 Å². The molecule has 4 rings (SSSR count). The zero-order chi connectivity index (χ0) is 19.3. The standard InChI is InChI=1S/C17H22N6O3S/c1-17(2)13(23-15(24)12(18)16(23)27-17)14-19-20-21-22(14)8-9-5-6-10(25-3)11(7-9)26-4/h5-7,12-13,16H,8,18H2,1-4H3/t12?,13?,16-/m1/s1. The highest BCUT2D eigenvalue weighted by atomic mass is 32.2. The second-order valence-electron chi connectivity index (χ2n) is 7.17. The molecule has 0 spiro atoms. The van der Waals surface area contributed by atoms with Gasteiger partial charge in [-0.3, -0.25) is 4.79 Å². The van der Waals surface area contributed by atoms with Crippen LogP contribution in [0.3, 0.4) is 0 Å². The Kier molecular flexibility index (Phi) is 4.26. The molecule has 27 heavy (non-hydrogen) atoms. The molecule has 2 N–H and O–H groups in total. The molecule has 1 amide bonds. The fraction of sp³-hybridized carbons (Fsp3) is 0.529. The van der Waals surface area contributed by atoms with Gasteiger partial charge in [-0.05, 0) is 42.0 Å². The molecule has 3 heterocycles. The lowest BCUT2D eigenvalue weighted by molar-refractivity contribution is -0.147. The fourth-order valence-corrected chi connectivity index (χ4v) is 5.30. The molecule has 2 aromatic rings. The van der Waals surface area contributed by atoms with E-state index >= 15 is 0 Å². The van der Waals surface area contributed by atoms with Crippen LogP contribution in [0.5, 0.6) is 11.5 Å². The third-order valence-corrected chi connectivity index (χ3v) is 6.66. The van der Waals surface area contributed by atoms with Gasteiger partial charge in [0, 0.05) is 4.75 Å². The van der Waals surface area contributed by atoms with E-state index in [2.05, 4.69) is 29.4 Å². The summed E-state index contributed by atoms with van der Waals surface area (Å²) in [5.41, 5.74) is 6.93. The Morgan fingerprint density at radius 2 is 2.00 bits per heavy atom. The molecule has 2 aliphatic heterocycles. The molecular weight excluding hydrogens is 368 g/mol. The molecule has 1 aromatic heterocycles. The molecule has 0 saturated carbocycles. The summed E-state index contributed by atoms with van der Waals surface area (Å²) in [5, 5.41) is 12.2. The second-order valence-corrected chi connectivity index (χ2v) is 8.94. The Morgan fingerprint density at radius 1 is 1.26 bits per heavy atom. The van der Waals surface area contributed by atoms with Crippen LogP contribution in [0, 0.1) is 0 Å². The summed E-state index contributed by atoms with van der Waals surface area (Å²) < 4.78 is 12.1. The van der Waals surface area contributed by atoms with Crippen molar-refractivity contribution in [2.45, 2.75) is 42.6 Å². The Bertz CT molecular complexity index is 885. The Labute approximate surface area is 161 Å². The summed E-state index contributed by atoms with van der Waals surface area (Å²) in [6.07, 6.45) is 0. The van der Waals surface area contributed by atoms with Crippen LogP contribution >= 0.6 is 11.8 Å². The third kappa shape index (κ3) is 2.74. The summed E-state index contributed by atoms with van der Waals surface area (Å²) >= 11 is 1.70. The van der Waals surface area contributed by atoms with E-state index in [-0.39, 0.29) is 22.1 Å². The van der Waals surface area contributed by atoms with E-state index in [9.17, 15) is 4.79 Å². The molecule has 9 nitrogen and oxygen atoms in total. The van der Waals surface area contributed by atoms with Crippen molar-refractivity contribution in [1.82, 2.24) is 25.1 Å². The first kappa shape index (κ1) is 18.1. The van der Waals surface area contributed by atoms with Crippen molar-refractivity contribution in [3.63, 3.8) is 0 Å². The van der Waals surface area contributed by atoms with Gasteiger partial charge in [0.2, 0.25) is 5.91 Å². The highest BCUT2D eigenvalue weighted by molar-refractivity contribution is 8.01. The van der Waals surface area contributed by atoms with Crippen LogP contribution in [0.1, 0.15) is 31.3 Å². The number of nitrogens with two attached hydrogens (primary N) is 1. The number of carbonyl (C=O) groups excluding carboxylic acids is 1. The van der Waals surface area contributed by atoms with Gasteiger partial charge in [-0.25, -0.2) is 4.68 Å². The van der Waals surface area contributed by atoms with Crippen LogP contribution in [-0.2, 0) is 11.3 Å². The third-order valence-electron chi connectivity index (χ3n) is 5.07. The minimum Gasteiger partial charge on any atom is -0.493 e. The highest BCUT2D eigenvalue weighted by Crippen LogP contribution is 2.56. The Hall–Kier alpha value is -2.33. The zero-order valence-corrected chi connectivity index (χ0v) is 16.4. The zero-order valence-electron chi connectivity index (χ0n) is 15.6. The van der Waals surface area contributed by atoms with Crippen LogP contribution in [-0.4, -0.2) is 61.4 Å². The summed E-state index contributed by atoms with van der Waals surface area (Å²) in [5.74, 6) is 1.91. The van der Waals surface area contributed by atoms with E-state index in [4.69, 9.17) is 15.2 Å². The van der Waals surface area contributed by atoms with Gasteiger partial charge in [0.25, 0.3) is 0 Å². The summed E-state index contributed by atoms with van der Waals surface area (Å²) in [7, 11) is 3.20. The lowest BCUT2D eigenvalue weighted by Crippen LogP contribution is -2.65. The number of ether oxygens (including phenoxy) is 2. The number of amides is 1. The van der Waals surface area contributed by atoms with Gasteiger partial charge < -0.3 is 20.1 Å². The van der Waals surface area contributed by atoms with Crippen molar-refractivity contribution in [3.8, 4) is 11.5 Å². The van der Waals surface area contributed by atoms with Gasteiger partial charge in [-0.2, -0.15) is 0 Å². The minimum atomic E-state index is -0.450. The van der Waals surface area contributed by atoms with Crippen molar-refractivity contribution in [2.24, 2.45) is 5.73 Å². The summed E-state index contributed by atoms with van der Waals surface area (Å²) in [6, 6.07) is 5.01. The van der Waals surface area contributed by atoms with Crippen molar-refractivity contribution in [3.05, 3.63) is 29.6 Å². The quantitative estimate of drug-likeness (QED) is 0.747. The number of nitrogens with zero attached hydrogens (tertiary/aromatic N) is 5. The lowest BCUT2D eigenvalue weighted by Gasteiger charge is -2.42. The molecule has 10 heteroatoms. The molecule has 1 aromatic carbocycles. The molecule has 2 aliphatic rings. The first-order chi connectivity index (χ1) is 12.9. The number of aromatic nitrogens is 4. The van der Waals surface area contributed by atoms with E-state index in [0.717, 1.165) is 5.56 Å². The van der Waals surface area contributed by atoms with E-state index < -0.39 is 6.04 Å². The number of β-lactam (4-membered cyclic amide) rings is 1. The lowest BCUT2D eigenvalue weighted by atomic mass is 9.95. The molecule has 0 bridgehead atoms. The maximum Gasteiger partial charge on any atom is 0.244 e. The number of hydrogen-bond donors (Lipinski definition) is 1. The maximum atomic E-state index is 12.3. The molecular formula is C17H22N6O3S. The first-order valence-corrected chi connectivity index (χ1v) is 9.48. The van der Waals surface area contributed by atoms with Crippen LogP contribution in [0.25, 0.3) is 0 Å². The van der Waals surface area contributed by atoms with Crippen LogP contribution in [0.2, 0.25) is 0 Å². The monoisotopic (exact) mass is 390 g/mol. The number of rotatable bonds is 5. The Balaban J connectivity index is 1.65. The molecule has 2 fully saturated rings. The largest absolute Gasteiger partial charge is 0.493 e. The number of thioether (sulfide) groups is 1. The van der Waals surface area contributed by atoms with Gasteiger partial charge in [0.15, 0.2) is 17.3 Å². The molecule has 2 unspecified atom stereocenters. The van der Waals surface area contributed by atoms with Gasteiger partial charge in [0.1, 0.15) is 17.5 Å². The minimum absolute atomic E-state index is 0.0243. The van der Waals surface area contributed by atoms with E-state index in [0.29, 0.717) is 23.9 Å². The molecule has 3 atom stereocenters. The number of benzene rings is 1. The normalized spacial score (nSPS) is 25.9. The number of hydrogen-bond acceptors (Lipinski definition) is 8. The average molecular weight is 390 g/mol. The summed E-state index contributed by atoms with van der Waals surface area (Å²) in [6.45, 7) is 4.64. The smallest absolute Gasteiger partial charge is 0.244 e. The van der Waals surface area contributed by atoms with Crippen molar-refractivity contribution in [1.29, 1.82) is 0 Å². The highest BCUT2D eigenvalue weighted by Gasteiger charge is 2.62. The van der Waals surface area contributed by atoms with E-state index in [1.54, 1.807) is 30.7 Å². The molecule has 0 aliphatic carbocycles. The van der Waals surface area contributed by atoms with Crippen LogP contribution < -0.4 is 15.2 Å². The van der Waals surface area contributed by atoms with Gasteiger partial charge >= 0.3 is 0 Å². The van der Waals surface area contributed by atoms with Crippen LogP contribution in [0.4, 0.5) is 0 Å².